The van der Waals surface area contributed by atoms with Crippen LogP contribution in [0.5, 0.6) is 0 Å². The van der Waals surface area contributed by atoms with Crippen LogP contribution < -0.4 is 0 Å². The van der Waals surface area contributed by atoms with Crippen LogP contribution in [-0.2, 0) is 20.1 Å². The van der Waals surface area contributed by atoms with E-state index in [-0.39, 0.29) is 20.1 Å². The van der Waals surface area contributed by atoms with Crippen molar-refractivity contribution in [3.8, 4) is 33.8 Å². The molecule has 0 spiro atoms. The summed E-state index contributed by atoms with van der Waals surface area (Å²) in [5.41, 5.74) is 8.07. The van der Waals surface area contributed by atoms with Crippen LogP contribution >= 0.6 is 0 Å². The second-order valence-corrected chi connectivity index (χ2v) is 9.82. The number of hydrogen-bond donors (Lipinski definition) is 0. The Balaban J connectivity index is 0.000000134. The van der Waals surface area contributed by atoms with E-state index < -0.39 is 0 Å². The van der Waals surface area contributed by atoms with Gasteiger partial charge in [0.1, 0.15) is 0 Å². The van der Waals surface area contributed by atoms with E-state index in [1.54, 1.807) is 6.20 Å². The van der Waals surface area contributed by atoms with E-state index in [0.717, 1.165) is 44.8 Å². The Morgan fingerprint density at radius 3 is 1.20 bits per heavy atom. The minimum Gasteiger partial charge on any atom is -0.305 e. The van der Waals surface area contributed by atoms with Crippen molar-refractivity contribution in [2.45, 2.75) is 0 Å². The van der Waals surface area contributed by atoms with Crippen molar-refractivity contribution in [3.63, 3.8) is 0 Å². The molecule has 3 aromatic heterocycles. The van der Waals surface area contributed by atoms with Crippen molar-refractivity contribution < 1.29 is 20.1 Å². The van der Waals surface area contributed by atoms with E-state index >= 15 is 0 Å². The molecule has 0 saturated carbocycles. The van der Waals surface area contributed by atoms with Gasteiger partial charge in [0, 0.05) is 6.20 Å². The van der Waals surface area contributed by atoms with Crippen LogP contribution in [0.2, 0.25) is 0 Å². The van der Waals surface area contributed by atoms with Gasteiger partial charge in [-0.05, 0) is 46.1 Å². The van der Waals surface area contributed by atoms with E-state index in [1.807, 2.05) is 140 Å². The summed E-state index contributed by atoms with van der Waals surface area (Å²) in [5.74, 6) is 0. The fraction of sp³-hybridized carbons (Fsp3) is 0. The fourth-order valence-corrected chi connectivity index (χ4v) is 4.61. The van der Waals surface area contributed by atoms with Gasteiger partial charge in [-0.1, -0.05) is 72.8 Å². The third-order valence-electron chi connectivity index (χ3n) is 6.82. The summed E-state index contributed by atoms with van der Waals surface area (Å²) < 4.78 is 0. The number of para-hydroxylation sites is 2. The third-order valence-corrected chi connectivity index (χ3v) is 6.82. The number of aromatic nitrogens is 3. The standard InChI is InChI=1S/2C15H10N.C11H8N.Ir/c2*1-2-6-12(7-3-1)15-11-10-13-8-4-5-9-14(13)16-15;1-2-6-10(7-3-1)11-8-4-5-9-12-11;/h2*1-6,8-11H;1-6,8-9H;/q3*-1;+3. The molecule has 8 rings (SSSR count). The summed E-state index contributed by atoms with van der Waals surface area (Å²) in [5, 5.41) is 2.34. The van der Waals surface area contributed by atoms with Gasteiger partial charge in [-0.25, -0.2) is 0 Å². The maximum absolute atomic E-state index is 4.61. The number of benzene rings is 5. The first-order valence-corrected chi connectivity index (χ1v) is 14.4. The average molecular weight is 755 g/mol. The van der Waals surface area contributed by atoms with Gasteiger partial charge in [-0.15, -0.1) is 108 Å². The van der Waals surface area contributed by atoms with Crippen LogP contribution in [0.15, 0.2) is 170 Å². The molecule has 0 aliphatic carbocycles. The Labute approximate surface area is 277 Å². The van der Waals surface area contributed by atoms with Crippen molar-refractivity contribution in [2.24, 2.45) is 0 Å². The Morgan fingerprint density at radius 1 is 0.356 bits per heavy atom. The maximum atomic E-state index is 4.61. The molecular weight excluding hydrogens is 727 g/mol. The first-order chi connectivity index (χ1) is 21.8. The number of nitrogens with zero attached hydrogens (tertiary/aromatic N) is 3. The van der Waals surface area contributed by atoms with Crippen LogP contribution in [0.3, 0.4) is 0 Å². The zero-order valence-electron chi connectivity index (χ0n) is 24.3. The molecule has 4 heteroatoms. The number of hydrogen-bond acceptors (Lipinski definition) is 3. The third kappa shape index (κ3) is 8.42. The second-order valence-electron chi connectivity index (χ2n) is 9.82. The quantitative estimate of drug-likeness (QED) is 0.169. The van der Waals surface area contributed by atoms with Gasteiger partial charge in [0.25, 0.3) is 0 Å². The fourth-order valence-electron chi connectivity index (χ4n) is 4.61. The second kappa shape index (κ2) is 16.0. The van der Waals surface area contributed by atoms with Gasteiger partial charge in [-0.3, -0.25) is 9.97 Å². The topological polar surface area (TPSA) is 38.7 Å². The Hall–Kier alpha value is -5.28. The van der Waals surface area contributed by atoms with E-state index in [2.05, 4.69) is 57.4 Å². The molecule has 0 radical (unpaired) electrons. The van der Waals surface area contributed by atoms with Gasteiger partial charge in [0.05, 0.1) is 11.0 Å². The summed E-state index contributed by atoms with van der Waals surface area (Å²) in [7, 11) is 0. The molecule has 0 unspecified atom stereocenters. The zero-order chi connectivity index (χ0) is 29.8. The van der Waals surface area contributed by atoms with Crippen LogP contribution in [0.25, 0.3) is 55.6 Å². The summed E-state index contributed by atoms with van der Waals surface area (Å²) in [6, 6.07) is 63.5. The van der Waals surface area contributed by atoms with Crippen molar-refractivity contribution in [3.05, 3.63) is 188 Å². The summed E-state index contributed by atoms with van der Waals surface area (Å²) in [6.07, 6.45) is 1.79. The van der Waals surface area contributed by atoms with Crippen LogP contribution in [0.4, 0.5) is 0 Å². The Morgan fingerprint density at radius 2 is 0.778 bits per heavy atom. The predicted octanol–water partition coefficient (Wildman–Crippen LogP) is 9.95. The van der Waals surface area contributed by atoms with E-state index in [9.17, 15) is 0 Å². The molecule has 0 atom stereocenters. The molecule has 0 fully saturated rings. The van der Waals surface area contributed by atoms with E-state index in [1.165, 1.54) is 10.8 Å². The first-order valence-electron chi connectivity index (χ1n) is 14.4. The Kier molecular flexibility index (Phi) is 11.1. The molecular formula is C41H28IrN3. The number of rotatable bonds is 3. The molecule has 0 N–H and O–H groups in total. The van der Waals surface area contributed by atoms with Crippen molar-refractivity contribution >= 4 is 21.8 Å². The largest absolute Gasteiger partial charge is 3.00 e. The first kappa shape index (κ1) is 31.2. The molecule has 0 bridgehead atoms. The van der Waals surface area contributed by atoms with Crippen molar-refractivity contribution in [1.82, 2.24) is 15.0 Å². The summed E-state index contributed by atoms with van der Waals surface area (Å²) >= 11 is 0. The molecule has 8 aromatic rings. The van der Waals surface area contributed by atoms with Gasteiger partial charge in [0.15, 0.2) is 0 Å². The molecule has 0 saturated heterocycles. The smallest absolute Gasteiger partial charge is 0.305 e. The SMILES string of the molecule is [Ir+3].[c-]1ccccc1-c1ccc2ccccc2n1.[c-]1ccccc1-c1ccc2ccccc2n1.[c-]1ccccc1-c1ccccn1. The van der Waals surface area contributed by atoms with Gasteiger partial charge < -0.3 is 4.98 Å². The zero-order valence-corrected chi connectivity index (χ0v) is 26.7. The van der Waals surface area contributed by atoms with E-state index in [4.69, 9.17) is 0 Å². The minimum absolute atomic E-state index is 0. The number of fused-ring (bicyclic) bond motifs is 2. The number of pyridine rings is 3. The predicted molar refractivity (Wildman–Crippen MR) is 181 cm³/mol. The van der Waals surface area contributed by atoms with Gasteiger partial charge >= 0.3 is 20.1 Å². The molecule has 3 nitrogen and oxygen atoms in total. The molecule has 3 heterocycles. The van der Waals surface area contributed by atoms with Crippen molar-refractivity contribution in [2.75, 3.05) is 0 Å². The molecule has 45 heavy (non-hydrogen) atoms. The van der Waals surface area contributed by atoms with Crippen molar-refractivity contribution in [1.29, 1.82) is 0 Å². The molecule has 0 aliphatic heterocycles. The van der Waals surface area contributed by atoms with Crippen LogP contribution in [-0.4, -0.2) is 15.0 Å². The molecule has 0 amide bonds. The van der Waals surface area contributed by atoms with Gasteiger partial charge in [-0.2, -0.15) is 0 Å². The maximum Gasteiger partial charge on any atom is 3.00 e. The monoisotopic (exact) mass is 755 g/mol. The van der Waals surface area contributed by atoms with Crippen LogP contribution in [0, 0.1) is 18.2 Å². The molecule has 0 aliphatic rings. The Bertz CT molecular complexity index is 1900. The molecule has 216 valence electrons. The minimum atomic E-state index is 0. The normalized spacial score (nSPS) is 10.0. The van der Waals surface area contributed by atoms with E-state index in [0.29, 0.717) is 0 Å². The van der Waals surface area contributed by atoms with Gasteiger partial charge in [0.2, 0.25) is 0 Å². The summed E-state index contributed by atoms with van der Waals surface area (Å²) in [4.78, 5) is 13.4. The molecule has 5 aromatic carbocycles. The van der Waals surface area contributed by atoms with Crippen LogP contribution in [0.1, 0.15) is 0 Å². The summed E-state index contributed by atoms with van der Waals surface area (Å²) in [6.45, 7) is 0. The average Bonchev–Trinajstić information content (AvgIpc) is 3.13.